The Balaban J connectivity index is 1.81. The summed E-state index contributed by atoms with van der Waals surface area (Å²) in [5.41, 5.74) is 12.2. The van der Waals surface area contributed by atoms with Crippen LogP contribution in [0.5, 0.6) is 0 Å². The van der Waals surface area contributed by atoms with Gasteiger partial charge in [-0.3, -0.25) is 19.2 Å². The Hall–Kier alpha value is -5.26. The number of hydrogen-bond acceptors (Lipinski definition) is 4. The molecule has 0 fully saturated rings. The van der Waals surface area contributed by atoms with Crippen molar-refractivity contribution in [2.24, 2.45) is 0 Å². The second-order valence-electron chi connectivity index (χ2n) is 12.7. The van der Waals surface area contributed by atoms with Gasteiger partial charge in [-0.15, -0.1) is 0 Å². The highest BCUT2D eigenvalue weighted by Gasteiger charge is 2.23. The van der Waals surface area contributed by atoms with Crippen molar-refractivity contribution in [1.82, 2.24) is 19.9 Å². The number of hydrogen-bond donors (Lipinski definition) is 8. The van der Waals surface area contributed by atoms with E-state index in [-0.39, 0.29) is 32.1 Å². The molecule has 0 saturated carbocycles. The number of aliphatic carboxylic acids is 4. The molecule has 0 unspecified atom stereocenters. The van der Waals surface area contributed by atoms with E-state index in [9.17, 15) is 39.6 Å². The van der Waals surface area contributed by atoms with Crippen LogP contribution in [0.4, 0.5) is 0 Å². The first kappa shape index (κ1) is 34.1. The Morgan fingerprint density at radius 1 is 0.479 bits per heavy atom. The minimum atomic E-state index is -0.922. The Morgan fingerprint density at radius 3 is 1.33 bits per heavy atom. The van der Waals surface area contributed by atoms with Crippen LogP contribution in [0, 0.1) is 27.7 Å². The number of carboxylic acid groups (broad SMARTS) is 4. The van der Waals surface area contributed by atoms with Gasteiger partial charge in [-0.1, -0.05) is 0 Å². The zero-order valence-electron chi connectivity index (χ0n) is 27.6. The summed E-state index contributed by atoms with van der Waals surface area (Å²) in [6, 6.07) is 0. The van der Waals surface area contributed by atoms with Crippen molar-refractivity contribution in [3.05, 3.63) is 89.4 Å². The first-order valence-corrected chi connectivity index (χ1v) is 16.1. The van der Waals surface area contributed by atoms with E-state index in [2.05, 4.69) is 19.9 Å². The van der Waals surface area contributed by atoms with Gasteiger partial charge in [0.1, 0.15) is 0 Å². The Labute approximate surface area is 276 Å². The zero-order valence-corrected chi connectivity index (χ0v) is 27.6. The number of rotatable bonds is 12. The quantitative estimate of drug-likeness (QED) is 0.0992. The van der Waals surface area contributed by atoms with Crippen LogP contribution >= 0.6 is 0 Å². The molecule has 0 amide bonds. The van der Waals surface area contributed by atoms with E-state index in [1.807, 2.05) is 39.8 Å². The van der Waals surface area contributed by atoms with Crippen LogP contribution in [-0.4, -0.2) is 64.2 Å². The van der Waals surface area contributed by atoms with Crippen molar-refractivity contribution < 1.29 is 39.6 Å². The molecule has 1 aliphatic rings. The molecular formula is C36H42N4O8. The van der Waals surface area contributed by atoms with Crippen molar-refractivity contribution >= 4 is 36.0 Å². The number of carboxylic acids is 4. The summed E-state index contributed by atoms with van der Waals surface area (Å²) in [5, 5.41) is 39.5. The molecule has 4 aromatic rings. The third-order valence-corrected chi connectivity index (χ3v) is 9.69. The van der Waals surface area contributed by atoms with Gasteiger partial charge in [0.25, 0.3) is 0 Å². The lowest BCUT2D eigenvalue weighted by Crippen LogP contribution is -2.14. The van der Waals surface area contributed by atoms with Gasteiger partial charge in [-0.05, 0) is 110 Å². The Kier molecular flexibility index (Phi) is 9.83. The number of aromatic nitrogens is 4. The molecule has 0 radical (unpaired) electrons. The van der Waals surface area contributed by atoms with E-state index in [0.29, 0.717) is 37.5 Å². The maximum atomic E-state index is 11.6. The van der Waals surface area contributed by atoms with Crippen molar-refractivity contribution in [2.45, 2.75) is 91.9 Å². The molecular weight excluding hydrogens is 616 g/mol. The van der Waals surface area contributed by atoms with Crippen LogP contribution in [0.1, 0.15) is 104 Å². The molecule has 254 valence electrons. The van der Waals surface area contributed by atoms with Gasteiger partial charge in [-0.2, -0.15) is 0 Å². The predicted octanol–water partition coefficient (Wildman–Crippen LogP) is 3.45. The molecule has 5 rings (SSSR count). The summed E-state index contributed by atoms with van der Waals surface area (Å²) < 4.78 is 0. The molecule has 0 aromatic carbocycles. The SMILES string of the molecule is Cc1c2[nH]c(c1CCC(=O)O)/C=c1\[nH]/c(c(C)c1CCC(=O)O)=C\c1[nH]c(c(C)c1CCC(=O)O)Cc1[nH]c(c(C)c1CCC(=O)O)C2. The molecule has 8 bridgehead atoms. The maximum absolute atomic E-state index is 11.6. The van der Waals surface area contributed by atoms with Crippen LogP contribution < -0.4 is 10.7 Å². The number of carbonyl (C=O) groups is 4. The van der Waals surface area contributed by atoms with Crippen LogP contribution in [-0.2, 0) is 57.7 Å². The zero-order chi connectivity index (χ0) is 34.9. The summed E-state index contributed by atoms with van der Waals surface area (Å²) in [7, 11) is 0. The summed E-state index contributed by atoms with van der Waals surface area (Å²) in [4.78, 5) is 60.6. The number of nitrogens with one attached hydrogen (secondary N) is 4. The molecule has 12 heteroatoms. The minimum Gasteiger partial charge on any atom is -0.481 e. The normalized spacial score (nSPS) is 13.8. The lowest BCUT2D eigenvalue weighted by Gasteiger charge is -2.05. The van der Waals surface area contributed by atoms with Gasteiger partial charge in [0.2, 0.25) is 0 Å². The standard InChI is InChI=1S/C36H42N4O8/c1-17-21(5-9-33(41)42)29-14-27-19(3)22(6-10-34(43)44)30(39-27)15-28-20(4)24(8-12-36(47)48)32(40-28)16-31-23(7-11-35(45)46)18(2)26(38-31)13-25(17)37-29/h15-16,37-40H,5-14H2,1-4H3,(H,41,42)(H,43,44)(H,45,46)(H,47,48)/b28-15-,32-16-. The maximum Gasteiger partial charge on any atom is 0.303 e. The summed E-state index contributed by atoms with van der Waals surface area (Å²) in [6.45, 7) is 7.83. The summed E-state index contributed by atoms with van der Waals surface area (Å²) in [5.74, 6) is -3.64. The largest absolute Gasteiger partial charge is 0.481 e. The molecule has 12 nitrogen and oxygen atoms in total. The van der Waals surface area contributed by atoms with Gasteiger partial charge < -0.3 is 40.4 Å². The fourth-order valence-corrected chi connectivity index (χ4v) is 6.94. The van der Waals surface area contributed by atoms with Crippen molar-refractivity contribution in [1.29, 1.82) is 0 Å². The second kappa shape index (κ2) is 13.8. The molecule has 8 N–H and O–H groups in total. The summed E-state index contributed by atoms with van der Waals surface area (Å²) >= 11 is 0. The average molecular weight is 659 g/mol. The molecule has 48 heavy (non-hydrogen) atoms. The van der Waals surface area contributed by atoms with E-state index in [1.54, 1.807) is 0 Å². The van der Waals surface area contributed by atoms with Crippen molar-refractivity contribution in [2.75, 3.05) is 0 Å². The van der Waals surface area contributed by atoms with E-state index in [4.69, 9.17) is 0 Å². The average Bonchev–Trinajstić information content (AvgIpc) is 3.66. The van der Waals surface area contributed by atoms with Gasteiger partial charge in [0, 0.05) is 83.4 Å². The molecule has 0 aliphatic carbocycles. The van der Waals surface area contributed by atoms with Gasteiger partial charge in [-0.25, -0.2) is 0 Å². The fourth-order valence-electron chi connectivity index (χ4n) is 6.94. The van der Waals surface area contributed by atoms with Crippen LogP contribution in [0.15, 0.2) is 0 Å². The summed E-state index contributed by atoms with van der Waals surface area (Å²) in [6.07, 6.45) is 5.75. The predicted molar refractivity (Wildman–Crippen MR) is 178 cm³/mol. The molecule has 1 aliphatic heterocycles. The number of H-pyrrole nitrogens is 4. The third kappa shape index (κ3) is 7.17. The van der Waals surface area contributed by atoms with Gasteiger partial charge in [0.15, 0.2) is 0 Å². The smallest absolute Gasteiger partial charge is 0.303 e. The highest BCUT2D eigenvalue weighted by atomic mass is 16.4. The van der Waals surface area contributed by atoms with Crippen molar-refractivity contribution in [3.8, 4) is 0 Å². The molecule has 4 aromatic heterocycles. The topological polar surface area (TPSA) is 212 Å². The highest BCUT2D eigenvalue weighted by molar-refractivity contribution is 5.70. The molecule has 0 saturated heterocycles. The van der Waals surface area contributed by atoms with Crippen LogP contribution in [0.25, 0.3) is 12.2 Å². The monoisotopic (exact) mass is 658 g/mol. The number of aromatic amines is 4. The first-order chi connectivity index (χ1) is 22.7. The molecule has 0 atom stereocenters. The van der Waals surface area contributed by atoms with Gasteiger partial charge >= 0.3 is 23.9 Å². The number of fused-ring (bicyclic) bond motifs is 8. The lowest BCUT2D eigenvalue weighted by atomic mass is 9.98. The van der Waals surface area contributed by atoms with E-state index < -0.39 is 23.9 Å². The lowest BCUT2D eigenvalue weighted by molar-refractivity contribution is -0.138. The minimum absolute atomic E-state index is 0.0316. The van der Waals surface area contributed by atoms with E-state index in [1.165, 1.54) is 0 Å². The van der Waals surface area contributed by atoms with Gasteiger partial charge in [0.05, 0.1) is 0 Å². The molecule has 5 heterocycles. The van der Waals surface area contributed by atoms with E-state index in [0.717, 1.165) is 84.0 Å². The Morgan fingerprint density at radius 2 is 0.854 bits per heavy atom. The third-order valence-electron chi connectivity index (χ3n) is 9.69. The first-order valence-electron chi connectivity index (χ1n) is 16.1. The fraction of sp³-hybridized carbons (Fsp3) is 0.389. The highest BCUT2D eigenvalue weighted by Crippen LogP contribution is 2.30. The van der Waals surface area contributed by atoms with Crippen LogP contribution in [0.3, 0.4) is 0 Å². The van der Waals surface area contributed by atoms with E-state index >= 15 is 0 Å². The second-order valence-corrected chi connectivity index (χ2v) is 12.7. The van der Waals surface area contributed by atoms with Crippen LogP contribution in [0.2, 0.25) is 0 Å². The Bertz CT molecular complexity index is 2050. The molecule has 0 spiro atoms. The van der Waals surface area contributed by atoms with Crippen molar-refractivity contribution in [3.63, 3.8) is 0 Å².